The van der Waals surface area contributed by atoms with Crippen molar-refractivity contribution in [3.05, 3.63) is 59.7 Å². The quantitative estimate of drug-likeness (QED) is 0.567. The van der Waals surface area contributed by atoms with Crippen molar-refractivity contribution in [3.63, 3.8) is 0 Å². The van der Waals surface area contributed by atoms with Gasteiger partial charge in [-0.1, -0.05) is 36.4 Å². The smallest absolute Gasteiger partial charge is 0.220 e. The lowest BCUT2D eigenvalue weighted by Gasteiger charge is -2.09. The topological polar surface area (TPSA) is 81.9 Å². The first-order chi connectivity index (χ1) is 14.3. The number of hydrogen-bond acceptors (Lipinski definition) is 5. The van der Waals surface area contributed by atoms with E-state index in [1.807, 2.05) is 36.4 Å². The molecule has 0 radical (unpaired) electrons. The van der Waals surface area contributed by atoms with Crippen LogP contribution in [0.4, 0.5) is 0 Å². The lowest BCUT2D eigenvalue weighted by Crippen LogP contribution is -2.28. The third kappa shape index (κ3) is 5.19. The molecule has 1 aromatic heterocycles. The molecular formula is C22H25N5O2. The second-order valence-corrected chi connectivity index (χ2v) is 7.16. The summed E-state index contributed by atoms with van der Waals surface area (Å²) < 4.78 is 5.75. The minimum Gasteiger partial charge on any atom is -0.492 e. The van der Waals surface area contributed by atoms with Crippen LogP contribution in [0.1, 0.15) is 30.4 Å². The number of amides is 1. The number of rotatable bonds is 9. The molecule has 1 aliphatic rings. The lowest BCUT2D eigenvalue weighted by molar-refractivity contribution is -0.121. The van der Waals surface area contributed by atoms with Gasteiger partial charge in [0.1, 0.15) is 12.4 Å². The fraction of sp³-hybridized carbons (Fsp3) is 0.364. The summed E-state index contributed by atoms with van der Waals surface area (Å²) in [4.78, 5) is 13.5. The van der Waals surface area contributed by atoms with E-state index in [-0.39, 0.29) is 5.91 Å². The highest BCUT2D eigenvalue weighted by molar-refractivity contribution is 5.75. The summed E-state index contributed by atoms with van der Waals surface area (Å²) in [5, 5.41) is 15.4. The van der Waals surface area contributed by atoms with Crippen molar-refractivity contribution in [1.29, 1.82) is 0 Å². The van der Waals surface area contributed by atoms with E-state index >= 15 is 0 Å². The molecule has 29 heavy (non-hydrogen) atoms. The average molecular weight is 391 g/mol. The van der Waals surface area contributed by atoms with Crippen LogP contribution in [0.3, 0.4) is 0 Å². The number of aryl methyl sites for hydroxylation is 3. The minimum atomic E-state index is 0.00551. The van der Waals surface area contributed by atoms with Crippen molar-refractivity contribution >= 4 is 5.91 Å². The number of hydrogen-bond donors (Lipinski definition) is 1. The maximum absolute atomic E-state index is 12.0. The molecule has 7 heteroatoms. The molecule has 1 aliphatic carbocycles. The van der Waals surface area contributed by atoms with E-state index in [0.29, 0.717) is 38.4 Å². The number of benzene rings is 2. The van der Waals surface area contributed by atoms with Gasteiger partial charge in [0.25, 0.3) is 0 Å². The van der Waals surface area contributed by atoms with Crippen LogP contribution in [-0.2, 0) is 24.2 Å². The van der Waals surface area contributed by atoms with Gasteiger partial charge in [-0.05, 0) is 54.2 Å². The zero-order valence-electron chi connectivity index (χ0n) is 16.4. The van der Waals surface area contributed by atoms with Gasteiger partial charge >= 0.3 is 0 Å². The Kier molecular flexibility index (Phi) is 6.14. The van der Waals surface area contributed by atoms with Crippen LogP contribution < -0.4 is 10.1 Å². The average Bonchev–Trinajstić information content (AvgIpc) is 3.41. The first-order valence-corrected chi connectivity index (χ1v) is 10.1. The van der Waals surface area contributed by atoms with Crippen LogP contribution in [0.15, 0.2) is 48.5 Å². The third-order valence-electron chi connectivity index (χ3n) is 5.01. The van der Waals surface area contributed by atoms with E-state index in [9.17, 15) is 4.79 Å². The lowest BCUT2D eigenvalue weighted by atomic mass is 10.1. The zero-order valence-corrected chi connectivity index (χ0v) is 16.4. The molecule has 0 bridgehead atoms. The second-order valence-electron chi connectivity index (χ2n) is 7.16. The van der Waals surface area contributed by atoms with E-state index < -0.39 is 0 Å². The highest BCUT2D eigenvalue weighted by Crippen LogP contribution is 2.25. The van der Waals surface area contributed by atoms with Gasteiger partial charge in [0.2, 0.25) is 11.7 Å². The van der Waals surface area contributed by atoms with E-state index in [0.717, 1.165) is 17.7 Å². The summed E-state index contributed by atoms with van der Waals surface area (Å²) in [5.74, 6) is 1.48. The van der Waals surface area contributed by atoms with Gasteiger partial charge in [0, 0.05) is 12.0 Å². The normalized spacial score (nSPS) is 12.6. The van der Waals surface area contributed by atoms with Gasteiger partial charge in [0.05, 0.1) is 13.1 Å². The standard InChI is InChI=1S/C22H25N5O2/c28-21(23-13-15-29-20-12-11-17-8-4-9-19(17)16-20)10-5-14-27-25-22(24-26-27)18-6-2-1-3-7-18/h1-3,6-7,11-12,16H,4-5,8-10,13-15H2,(H,23,28). The molecule has 0 unspecified atom stereocenters. The van der Waals surface area contributed by atoms with Crippen molar-refractivity contribution < 1.29 is 9.53 Å². The van der Waals surface area contributed by atoms with Crippen LogP contribution in [0.25, 0.3) is 11.4 Å². The Morgan fingerprint density at radius 1 is 1.10 bits per heavy atom. The van der Waals surface area contributed by atoms with E-state index in [1.54, 1.807) is 0 Å². The van der Waals surface area contributed by atoms with Crippen LogP contribution in [0.5, 0.6) is 5.75 Å². The van der Waals surface area contributed by atoms with Gasteiger partial charge in [-0.3, -0.25) is 4.79 Å². The molecule has 4 rings (SSSR count). The molecule has 0 aliphatic heterocycles. The molecule has 1 heterocycles. The molecule has 3 aromatic rings. The molecule has 0 fully saturated rings. The fourth-order valence-corrected chi connectivity index (χ4v) is 3.51. The fourth-order valence-electron chi connectivity index (χ4n) is 3.51. The van der Waals surface area contributed by atoms with Crippen molar-refractivity contribution in [2.24, 2.45) is 0 Å². The number of carbonyl (C=O) groups excluding carboxylic acids is 1. The Labute approximate surface area is 170 Å². The summed E-state index contributed by atoms with van der Waals surface area (Å²) in [6.07, 6.45) is 4.61. The molecular weight excluding hydrogens is 366 g/mol. The summed E-state index contributed by atoms with van der Waals surface area (Å²) in [5.41, 5.74) is 3.76. The monoisotopic (exact) mass is 391 g/mol. The Hall–Kier alpha value is -3.22. The molecule has 2 aromatic carbocycles. The molecule has 0 saturated heterocycles. The number of fused-ring (bicyclic) bond motifs is 1. The molecule has 150 valence electrons. The number of nitrogens with zero attached hydrogens (tertiary/aromatic N) is 4. The SMILES string of the molecule is O=C(CCCn1nnc(-c2ccccc2)n1)NCCOc1ccc2c(c1)CCC2. The largest absolute Gasteiger partial charge is 0.492 e. The van der Waals surface area contributed by atoms with Crippen LogP contribution in [0.2, 0.25) is 0 Å². The number of nitrogens with one attached hydrogen (secondary N) is 1. The van der Waals surface area contributed by atoms with Gasteiger partial charge in [-0.15, -0.1) is 10.2 Å². The number of carbonyl (C=O) groups is 1. The first-order valence-electron chi connectivity index (χ1n) is 10.1. The number of ether oxygens (including phenoxy) is 1. The van der Waals surface area contributed by atoms with Crippen molar-refractivity contribution in [1.82, 2.24) is 25.5 Å². The molecule has 1 amide bonds. The number of tetrazole rings is 1. The van der Waals surface area contributed by atoms with Gasteiger partial charge in [0.15, 0.2) is 0 Å². The van der Waals surface area contributed by atoms with Crippen molar-refractivity contribution in [2.75, 3.05) is 13.2 Å². The maximum atomic E-state index is 12.0. The van der Waals surface area contributed by atoms with Gasteiger partial charge < -0.3 is 10.1 Å². The van der Waals surface area contributed by atoms with Crippen LogP contribution >= 0.6 is 0 Å². The van der Waals surface area contributed by atoms with Crippen LogP contribution in [0, 0.1) is 0 Å². The van der Waals surface area contributed by atoms with E-state index in [2.05, 4.69) is 32.9 Å². The summed E-state index contributed by atoms with van der Waals surface area (Å²) >= 11 is 0. The zero-order chi connectivity index (χ0) is 19.9. The summed E-state index contributed by atoms with van der Waals surface area (Å²) in [6, 6.07) is 16.0. The Morgan fingerprint density at radius 3 is 2.86 bits per heavy atom. The molecule has 0 atom stereocenters. The molecule has 0 saturated carbocycles. The highest BCUT2D eigenvalue weighted by Gasteiger charge is 2.11. The van der Waals surface area contributed by atoms with Gasteiger partial charge in [-0.25, -0.2) is 0 Å². The highest BCUT2D eigenvalue weighted by atomic mass is 16.5. The Morgan fingerprint density at radius 2 is 1.97 bits per heavy atom. The molecule has 7 nitrogen and oxygen atoms in total. The summed E-state index contributed by atoms with van der Waals surface area (Å²) in [7, 11) is 0. The predicted molar refractivity (Wildman–Crippen MR) is 109 cm³/mol. The molecule has 1 N–H and O–H groups in total. The van der Waals surface area contributed by atoms with Crippen LogP contribution in [-0.4, -0.2) is 39.3 Å². The van der Waals surface area contributed by atoms with E-state index in [4.69, 9.17) is 4.74 Å². The van der Waals surface area contributed by atoms with Gasteiger partial charge in [-0.2, -0.15) is 4.80 Å². The van der Waals surface area contributed by atoms with E-state index in [1.165, 1.54) is 28.8 Å². The first kappa shape index (κ1) is 19.1. The van der Waals surface area contributed by atoms with Crippen molar-refractivity contribution in [3.8, 4) is 17.1 Å². The minimum absolute atomic E-state index is 0.00551. The number of aromatic nitrogens is 4. The third-order valence-corrected chi connectivity index (χ3v) is 5.01. The van der Waals surface area contributed by atoms with Crippen molar-refractivity contribution in [2.45, 2.75) is 38.6 Å². The second kappa shape index (κ2) is 9.32. The summed E-state index contributed by atoms with van der Waals surface area (Å²) in [6.45, 7) is 1.52. The maximum Gasteiger partial charge on any atom is 0.220 e. The Bertz CT molecular complexity index is 955. The Balaban J connectivity index is 1.12. The predicted octanol–water partition coefficient (Wildman–Crippen LogP) is 2.80. The molecule has 0 spiro atoms.